The van der Waals surface area contributed by atoms with E-state index in [0.29, 0.717) is 17.4 Å². The number of nitrogens with one attached hydrogen (secondary N) is 1. The van der Waals surface area contributed by atoms with Crippen LogP contribution in [0.4, 0.5) is 0 Å². The Labute approximate surface area is 122 Å². The fraction of sp³-hybridized carbons (Fsp3) is 0.812. The fourth-order valence-electron chi connectivity index (χ4n) is 3.18. The summed E-state index contributed by atoms with van der Waals surface area (Å²) in [6.07, 6.45) is 4.79. The normalized spacial score (nSPS) is 21.7. The molecule has 2 rings (SSSR count). The van der Waals surface area contributed by atoms with Crippen molar-refractivity contribution in [1.29, 1.82) is 0 Å². The maximum Gasteiger partial charge on any atom is 0.0962 e. The van der Waals surface area contributed by atoms with E-state index in [1.165, 1.54) is 34.8 Å². The lowest BCUT2D eigenvalue weighted by molar-refractivity contribution is 0.260. The van der Waals surface area contributed by atoms with Crippen molar-refractivity contribution in [1.82, 2.24) is 10.3 Å². The highest BCUT2D eigenvalue weighted by Crippen LogP contribution is 2.44. The molecule has 1 heterocycles. The minimum atomic E-state index is 0.374. The molecule has 1 aliphatic carbocycles. The molecule has 1 aliphatic rings. The van der Waals surface area contributed by atoms with Crippen LogP contribution in [0, 0.1) is 5.41 Å². The van der Waals surface area contributed by atoms with Crippen molar-refractivity contribution < 1.29 is 0 Å². The summed E-state index contributed by atoms with van der Waals surface area (Å²) in [5, 5.41) is 5.03. The SMILES string of the molecule is CCNC1CC(C)(C)Cc2nc(C(CC)CC)sc21. The van der Waals surface area contributed by atoms with Crippen LogP contribution in [0.5, 0.6) is 0 Å². The van der Waals surface area contributed by atoms with E-state index in [9.17, 15) is 0 Å². The van der Waals surface area contributed by atoms with Gasteiger partial charge in [0.15, 0.2) is 0 Å². The van der Waals surface area contributed by atoms with Gasteiger partial charge in [0, 0.05) is 16.8 Å². The monoisotopic (exact) mass is 280 g/mol. The molecule has 0 amide bonds. The van der Waals surface area contributed by atoms with E-state index in [1.807, 2.05) is 11.3 Å². The predicted molar refractivity (Wildman–Crippen MR) is 84.0 cm³/mol. The van der Waals surface area contributed by atoms with Crippen molar-refractivity contribution in [3.8, 4) is 0 Å². The summed E-state index contributed by atoms with van der Waals surface area (Å²) < 4.78 is 0. The highest BCUT2D eigenvalue weighted by molar-refractivity contribution is 7.12. The van der Waals surface area contributed by atoms with Crippen molar-refractivity contribution in [3.63, 3.8) is 0 Å². The van der Waals surface area contributed by atoms with Crippen LogP contribution in [-0.4, -0.2) is 11.5 Å². The first kappa shape index (κ1) is 15.0. The number of fused-ring (bicyclic) bond motifs is 1. The Morgan fingerprint density at radius 1 is 1.32 bits per heavy atom. The van der Waals surface area contributed by atoms with Crippen LogP contribution >= 0.6 is 11.3 Å². The van der Waals surface area contributed by atoms with Crippen molar-refractivity contribution in [2.24, 2.45) is 5.41 Å². The molecule has 0 saturated carbocycles. The van der Waals surface area contributed by atoms with Crippen LogP contribution in [0.2, 0.25) is 0 Å². The maximum atomic E-state index is 5.00. The molecule has 1 aromatic rings. The second kappa shape index (κ2) is 5.92. The van der Waals surface area contributed by atoms with Gasteiger partial charge in [-0.2, -0.15) is 0 Å². The van der Waals surface area contributed by atoms with Gasteiger partial charge in [-0.1, -0.05) is 34.6 Å². The Bertz CT molecular complexity index is 418. The third kappa shape index (κ3) is 3.19. The largest absolute Gasteiger partial charge is 0.309 e. The van der Waals surface area contributed by atoms with Crippen LogP contribution in [-0.2, 0) is 6.42 Å². The number of hydrogen-bond acceptors (Lipinski definition) is 3. The van der Waals surface area contributed by atoms with Gasteiger partial charge in [0.2, 0.25) is 0 Å². The molecular weight excluding hydrogens is 252 g/mol. The summed E-state index contributed by atoms with van der Waals surface area (Å²) in [7, 11) is 0. The van der Waals surface area contributed by atoms with E-state index in [1.54, 1.807) is 0 Å². The van der Waals surface area contributed by atoms with E-state index in [2.05, 4.69) is 39.9 Å². The second-order valence-electron chi connectivity index (χ2n) is 6.53. The molecule has 0 bridgehead atoms. The van der Waals surface area contributed by atoms with Crippen LogP contribution < -0.4 is 5.32 Å². The van der Waals surface area contributed by atoms with E-state index >= 15 is 0 Å². The van der Waals surface area contributed by atoms with Gasteiger partial charge < -0.3 is 5.32 Å². The van der Waals surface area contributed by atoms with E-state index in [4.69, 9.17) is 4.98 Å². The van der Waals surface area contributed by atoms with Gasteiger partial charge in [-0.15, -0.1) is 11.3 Å². The van der Waals surface area contributed by atoms with E-state index in [0.717, 1.165) is 13.0 Å². The quantitative estimate of drug-likeness (QED) is 0.848. The average Bonchev–Trinajstić information content (AvgIpc) is 2.73. The molecular formula is C16H28N2S. The standard InChI is InChI=1S/C16H28N2S/c1-6-11(7-2)15-18-13-10-16(4,5)9-12(17-8-3)14(13)19-15/h11-12,17H,6-10H2,1-5H3. The number of aromatic nitrogens is 1. The molecule has 0 spiro atoms. The molecule has 1 N–H and O–H groups in total. The number of thiazole rings is 1. The van der Waals surface area contributed by atoms with Crippen LogP contribution in [0.15, 0.2) is 0 Å². The Kier molecular flexibility index (Phi) is 4.67. The van der Waals surface area contributed by atoms with Crippen molar-refractivity contribution in [2.75, 3.05) is 6.54 Å². The van der Waals surface area contributed by atoms with Crippen LogP contribution in [0.1, 0.15) is 81.4 Å². The minimum absolute atomic E-state index is 0.374. The first-order valence-corrected chi connectivity index (χ1v) is 8.55. The van der Waals surface area contributed by atoms with Gasteiger partial charge in [-0.25, -0.2) is 4.98 Å². The Balaban J connectivity index is 2.33. The van der Waals surface area contributed by atoms with Gasteiger partial charge in [0.1, 0.15) is 0 Å². The highest BCUT2D eigenvalue weighted by atomic mass is 32.1. The molecule has 1 aromatic heterocycles. The summed E-state index contributed by atoms with van der Waals surface area (Å²) in [5.74, 6) is 0.654. The van der Waals surface area contributed by atoms with Crippen molar-refractivity contribution >= 4 is 11.3 Å². The molecule has 2 nitrogen and oxygen atoms in total. The van der Waals surface area contributed by atoms with Crippen molar-refractivity contribution in [2.45, 2.75) is 72.3 Å². The predicted octanol–water partition coefficient (Wildman–Crippen LogP) is 4.67. The Morgan fingerprint density at radius 3 is 2.58 bits per heavy atom. The lowest BCUT2D eigenvalue weighted by Gasteiger charge is -2.34. The molecule has 0 fully saturated rings. The molecule has 1 unspecified atom stereocenters. The average molecular weight is 280 g/mol. The third-order valence-corrected chi connectivity index (χ3v) is 5.62. The molecule has 108 valence electrons. The Morgan fingerprint density at radius 2 is 2.00 bits per heavy atom. The summed E-state index contributed by atoms with van der Waals surface area (Å²) in [5.41, 5.74) is 1.74. The smallest absolute Gasteiger partial charge is 0.0962 e. The summed E-state index contributed by atoms with van der Waals surface area (Å²) in [4.78, 5) is 6.52. The van der Waals surface area contributed by atoms with Crippen LogP contribution in [0.25, 0.3) is 0 Å². The second-order valence-corrected chi connectivity index (χ2v) is 7.59. The van der Waals surface area contributed by atoms with Gasteiger partial charge in [0.25, 0.3) is 0 Å². The topological polar surface area (TPSA) is 24.9 Å². The van der Waals surface area contributed by atoms with E-state index in [-0.39, 0.29) is 0 Å². The molecule has 0 radical (unpaired) electrons. The lowest BCUT2D eigenvalue weighted by atomic mass is 9.76. The number of hydrogen-bond donors (Lipinski definition) is 1. The molecule has 3 heteroatoms. The highest BCUT2D eigenvalue weighted by Gasteiger charge is 2.35. The van der Waals surface area contributed by atoms with Gasteiger partial charge in [-0.3, -0.25) is 0 Å². The number of nitrogens with zero attached hydrogens (tertiary/aromatic N) is 1. The molecule has 1 atom stereocenters. The zero-order valence-corrected chi connectivity index (χ0v) is 13.9. The first-order chi connectivity index (χ1) is 9.00. The molecule has 0 aromatic carbocycles. The summed E-state index contributed by atoms with van der Waals surface area (Å²) in [6.45, 7) is 12.5. The maximum absolute atomic E-state index is 5.00. The first-order valence-electron chi connectivity index (χ1n) is 7.73. The third-order valence-electron chi connectivity index (χ3n) is 4.25. The zero-order valence-electron chi connectivity index (χ0n) is 13.0. The minimum Gasteiger partial charge on any atom is -0.309 e. The van der Waals surface area contributed by atoms with Gasteiger partial charge in [0.05, 0.1) is 10.7 Å². The summed E-state index contributed by atoms with van der Waals surface area (Å²) >= 11 is 1.97. The van der Waals surface area contributed by atoms with Gasteiger partial charge >= 0.3 is 0 Å². The Hall–Kier alpha value is -0.410. The van der Waals surface area contributed by atoms with E-state index < -0.39 is 0 Å². The summed E-state index contributed by atoms with van der Waals surface area (Å²) in [6, 6.07) is 0.518. The fourth-order valence-corrected chi connectivity index (χ4v) is 4.60. The molecule has 0 aliphatic heterocycles. The number of rotatable bonds is 5. The van der Waals surface area contributed by atoms with Crippen molar-refractivity contribution in [3.05, 3.63) is 15.6 Å². The molecule has 19 heavy (non-hydrogen) atoms. The van der Waals surface area contributed by atoms with Gasteiger partial charge in [-0.05, 0) is 37.6 Å². The lowest BCUT2D eigenvalue weighted by Crippen LogP contribution is -2.32. The molecule has 0 saturated heterocycles. The zero-order chi connectivity index (χ0) is 14.0. The van der Waals surface area contributed by atoms with Crippen LogP contribution in [0.3, 0.4) is 0 Å².